The number of amides is 2. The van der Waals surface area contributed by atoms with Crippen LogP contribution in [0.25, 0.3) is 5.57 Å². The Morgan fingerprint density at radius 3 is 1.84 bits per heavy atom. The summed E-state index contributed by atoms with van der Waals surface area (Å²) in [7, 11) is 0. The van der Waals surface area contributed by atoms with Gasteiger partial charge >= 0.3 is 0 Å². The number of hydrogen-bond donors (Lipinski definition) is 0. The third kappa shape index (κ3) is 4.43. The van der Waals surface area contributed by atoms with E-state index in [2.05, 4.69) is 0 Å². The first kappa shape index (κ1) is 20.6. The maximum absolute atomic E-state index is 13.5. The fourth-order valence-corrected chi connectivity index (χ4v) is 3.96. The SMILES string of the molecule is CCN(Cc1ccccc1)C1=C(c2ccccc2)C(=O)N(CCc2ccccc2)C1=O. The van der Waals surface area contributed by atoms with Crippen molar-refractivity contribution >= 4 is 17.4 Å². The van der Waals surface area contributed by atoms with Gasteiger partial charge in [0.1, 0.15) is 5.70 Å². The normalized spacial score (nSPS) is 13.8. The lowest BCUT2D eigenvalue weighted by molar-refractivity contribution is -0.137. The number of carbonyl (C=O) groups is 2. The molecule has 156 valence electrons. The van der Waals surface area contributed by atoms with Gasteiger partial charge < -0.3 is 4.90 Å². The molecule has 0 unspecified atom stereocenters. The average molecular weight is 411 g/mol. The lowest BCUT2D eigenvalue weighted by atomic mass is 10.0. The highest BCUT2D eigenvalue weighted by molar-refractivity contribution is 6.35. The Morgan fingerprint density at radius 2 is 1.26 bits per heavy atom. The molecule has 3 aromatic rings. The smallest absolute Gasteiger partial charge is 0.277 e. The van der Waals surface area contributed by atoms with Crippen molar-refractivity contribution in [3.05, 3.63) is 113 Å². The van der Waals surface area contributed by atoms with Crippen LogP contribution in [0.5, 0.6) is 0 Å². The minimum absolute atomic E-state index is 0.211. The first-order valence-corrected chi connectivity index (χ1v) is 10.7. The van der Waals surface area contributed by atoms with Crippen LogP contribution in [-0.4, -0.2) is 34.7 Å². The first-order chi connectivity index (χ1) is 15.2. The summed E-state index contributed by atoms with van der Waals surface area (Å²) in [4.78, 5) is 30.4. The Labute approximate surface area is 183 Å². The molecule has 0 N–H and O–H groups in total. The molecule has 1 aliphatic heterocycles. The molecular formula is C27H26N2O2. The number of likely N-dealkylation sites (N-methyl/N-ethyl adjacent to an activating group) is 1. The van der Waals surface area contributed by atoms with Gasteiger partial charge in [0.15, 0.2) is 0 Å². The van der Waals surface area contributed by atoms with E-state index in [-0.39, 0.29) is 11.8 Å². The summed E-state index contributed by atoms with van der Waals surface area (Å²) in [5.74, 6) is -0.425. The minimum atomic E-state index is -0.214. The van der Waals surface area contributed by atoms with Crippen molar-refractivity contribution in [2.75, 3.05) is 13.1 Å². The van der Waals surface area contributed by atoms with Gasteiger partial charge in [-0.2, -0.15) is 0 Å². The van der Waals surface area contributed by atoms with Gasteiger partial charge in [0.25, 0.3) is 11.8 Å². The second-order valence-corrected chi connectivity index (χ2v) is 7.59. The second kappa shape index (κ2) is 9.43. The zero-order valence-corrected chi connectivity index (χ0v) is 17.7. The van der Waals surface area contributed by atoms with E-state index in [1.54, 1.807) is 0 Å². The van der Waals surface area contributed by atoms with Gasteiger partial charge in [-0.1, -0.05) is 91.0 Å². The topological polar surface area (TPSA) is 40.6 Å². The highest BCUT2D eigenvalue weighted by Gasteiger charge is 2.40. The molecule has 0 saturated heterocycles. The van der Waals surface area contributed by atoms with E-state index in [9.17, 15) is 9.59 Å². The fourth-order valence-electron chi connectivity index (χ4n) is 3.96. The summed E-state index contributed by atoms with van der Waals surface area (Å²) in [6.07, 6.45) is 0.637. The van der Waals surface area contributed by atoms with Crippen LogP contribution in [0.15, 0.2) is 96.7 Å². The van der Waals surface area contributed by atoms with Crippen LogP contribution >= 0.6 is 0 Å². The van der Waals surface area contributed by atoms with E-state index in [4.69, 9.17) is 0 Å². The molecule has 2 amide bonds. The van der Waals surface area contributed by atoms with Gasteiger partial charge in [0.2, 0.25) is 0 Å². The Morgan fingerprint density at radius 1 is 0.710 bits per heavy atom. The monoisotopic (exact) mass is 410 g/mol. The lowest BCUT2D eigenvalue weighted by Gasteiger charge is -2.25. The molecule has 1 aliphatic rings. The Hall–Kier alpha value is -3.66. The predicted molar refractivity (Wildman–Crippen MR) is 123 cm³/mol. The summed E-state index contributed by atoms with van der Waals surface area (Å²) in [6.45, 7) is 3.59. The Kier molecular flexibility index (Phi) is 6.27. The van der Waals surface area contributed by atoms with Gasteiger partial charge in [-0.15, -0.1) is 0 Å². The molecule has 3 aromatic carbocycles. The molecule has 1 heterocycles. The van der Waals surface area contributed by atoms with Gasteiger partial charge in [-0.05, 0) is 30.0 Å². The lowest BCUT2D eigenvalue weighted by Crippen LogP contribution is -2.36. The van der Waals surface area contributed by atoms with E-state index in [1.807, 2.05) is 103 Å². The van der Waals surface area contributed by atoms with E-state index < -0.39 is 0 Å². The zero-order valence-electron chi connectivity index (χ0n) is 17.7. The largest absolute Gasteiger partial charge is 0.362 e. The van der Waals surface area contributed by atoms with Gasteiger partial charge in [-0.25, -0.2) is 0 Å². The summed E-state index contributed by atoms with van der Waals surface area (Å²) in [6, 6.07) is 29.5. The number of carbonyl (C=O) groups excluding carboxylic acids is 2. The quantitative estimate of drug-likeness (QED) is 0.512. The minimum Gasteiger partial charge on any atom is -0.362 e. The second-order valence-electron chi connectivity index (χ2n) is 7.59. The molecule has 4 heteroatoms. The molecule has 0 fully saturated rings. The van der Waals surface area contributed by atoms with Gasteiger partial charge in [0, 0.05) is 19.6 Å². The van der Waals surface area contributed by atoms with Crippen molar-refractivity contribution in [3.63, 3.8) is 0 Å². The molecule has 31 heavy (non-hydrogen) atoms. The van der Waals surface area contributed by atoms with Crippen LogP contribution < -0.4 is 0 Å². The maximum atomic E-state index is 13.5. The highest BCUT2D eigenvalue weighted by Crippen LogP contribution is 2.32. The van der Waals surface area contributed by atoms with Crippen LogP contribution in [0.2, 0.25) is 0 Å². The third-order valence-corrected chi connectivity index (χ3v) is 5.59. The van der Waals surface area contributed by atoms with Crippen LogP contribution in [0, 0.1) is 0 Å². The van der Waals surface area contributed by atoms with Crippen molar-refractivity contribution in [2.45, 2.75) is 19.9 Å². The van der Waals surface area contributed by atoms with E-state index >= 15 is 0 Å². The van der Waals surface area contributed by atoms with Crippen molar-refractivity contribution in [1.29, 1.82) is 0 Å². The molecular weight excluding hydrogens is 384 g/mol. The van der Waals surface area contributed by atoms with Crippen molar-refractivity contribution < 1.29 is 9.59 Å². The number of hydrogen-bond acceptors (Lipinski definition) is 3. The zero-order chi connectivity index (χ0) is 21.6. The van der Waals surface area contributed by atoms with Gasteiger partial charge in [-0.3, -0.25) is 14.5 Å². The highest BCUT2D eigenvalue weighted by atomic mass is 16.2. The summed E-state index contributed by atoms with van der Waals surface area (Å²) < 4.78 is 0. The average Bonchev–Trinajstić information content (AvgIpc) is 3.07. The first-order valence-electron chi connectivity index (χ1n) is 10.7. The molecule has 4 rings (SSSR count). The van der Waals surface area contributed by atoms with Crippen LogP contribution in [0.4, 0.5) is 0 Å². The van der Waals surface area contributed by atoms with Crippen LogP contribution in [-0.2, 0) is 22.6 Å². The molecule has 0 aliphatic carbocycles. The van der Waals surface area contributed by atoms with Crippen LogP contribution in [0.3, 0.4) is 0 Å². The van der Waals surface area contributed by atoms with Crippen molar-refractivity contribution in [3.8, 4) is 0 Å². The summed E-state index contributed by atoms with van der Waals surface area (Å²) >= 11 is 0. The Bertz CT molecular complexity index is 1080. The maximum Gasteiger partial charge on any atom is 0.277 e. The summed E-state index contributed by atoms with van der Waals surface area (Å²) in [5, 5.41) is 0. The number of imide groups is 1. The van der Waals surface area contributed by atoms with Crippen LogP contribution in [0.1, 0.15) is 23.6 Å². The molecule has 0 saturated carbocycles. The van der Waals surface area contributed by atoms with Crippen molar-refractivity contribution in [1.82, 2.24) is 9.80 Å². The molecule has 0 aromatic heterocycles. The molecule has 4 nitrogen and oxygen atoms in total. The number of nitrogens with zero attached hydrogens (tertiary/aromatic N) is 2. The fraction of sp³-hybridized carbons (Fsp3) is 0.185. The summed E-state index contributed by atoms with van der Waals surface area (Å²) in [5.41, 5.74) is 3.98. The van der Waals surface area contributed by atoms with Gasteiger partial charge in [0.05, 0.1) is 5.57 Å². The molecule has 0 bridgehead atoms. The third-order valence-electron chi connectivity index (χ3n) is 5.59. The predicted octanol–water partition coefficient (Wildman–Crippen LogP) is 4.53. The standard InChI is InChI=1S/C27H26N2O2/c1-2-28(20-22-14-8-4-9-15-22)25-24(23-16-10-5-11-17-23)26(30)29(27(25)31)19-18-21-12-6-3-7-13-21/h3-17H,2,18-20H2,1H3. The molecule has 0 radical (unpaired) electrons. The van der Waals surface area contributed by atoms with E-state index in [0.717, 1.165) is 16.7 Å². The number of benzene rings is 3. The van der Waals surface area contributed by atoms with E-state index in [1.165, 1.54) is 4.90 Å². The van der Waals surface area contributed by atoms with Crippen molar-refractivity contribution in [2.24, 2.45) is 0 Å². The molecule has 0 atom stereocenters. The van der Waals surface area contributed by atoms with E-state index in [0.29, 0.717) is 37.3 Å². The number of rotatable bonds is 8. The molecule has 0 spiro atoms. The Balaban J connectivity index is 1.68.